The van der Waals surface area contributed by atoms with Gasteiger partial charge in [0.1, 0.15) is 0 Å². The molecule has 0 aliphatic carbocycles. The van der Waals surface area contributed by atoms with Gasteiger partial charge in [-0.1, -0.05) is 6.07 Å². The summed E-state index contributed by atoms with van der Waals surface area (Å²) in [5, 5.41) is 2.08. The third-order valence-electron chi connectivity index (χ3n) is 2.65. The zero-order valence-corrected chi connectivity index (χ0v) is 10.2. The number of nitrogens with zero attached hydrogens (tertiary/aromatic N) is 1. The maximum Gasteiger partial charge on any atom is 0.0978 e. The summed E-state index contributed by atoms with van der Waals surface area (Å²) in [4.78, 5) is 5.64. The third-order valence-corrected chi connectivity index (χ3v) is 3.74. The van der Waals surface area contributed by atoms with Crippen molar-refractivity contribution in [2.24, 2.45) is 5.84 Å². The highest BCUT2D eigenvalue weighted by molar-refractivity contribution is 7.10. The molecule has 0 amide bonds. The number of thiophene rings is 1. The van der Waals surface area contributed by atoms with E-state index in [4.69, 9.17) is 5.84 Å². The predicted octanol–water partition coefficient (Wildman–Crippen LogP) is 2.31. The lowest BCUT2D eigenvalue weighted by Gasteiger charge is -2.16. The molecule has 4 heteroatoms. The van der Waals surface area contributed by atoms with Gasteiger partial charge in [0.15, 0.2) is 0 Å². The fraction of sp³-hybridized carbons (Fsp3) is 0.250. The van der Waals surface area contributed by atoms with Crippen molar-refractivity contribution in [2.75, 3.05) is 0 Å². The van der Waals surface area contributed by atoms with Crippen molar-refractivity contribution in [1.29, 1.82) is 0 Å². The zero-order valence-electron chi connectivity index (χ0n) is 9.40. The van der Waals surface area contributed by atoms with Crippen LogP contribution in [0.25, 0.3) is 0 Å². The van der Waals surface area contributed by atoms with Crippen LogP contribution in [0.1, 0.15) is 27.7 Å². The van der Waals surface area contributed by atoms with Crippen molar-refractivity contribution >= 4 is 11.3 Å². The highest BCUT2D eigenvalue weighted by Gasteiger charge is 2.18. The second-order valence-electron chi connectivity index (χ2n) is 3.77. The van der Waals surface area contributed by atoms with Crippen LogP contribution in [0.15, 0.2) is 29.8 Å². The number of aromatic nitrogens is 1. The van der Waals surface area contributed by atoms with Crippen molar-refractivity contribution in [1.82, 2.24) is 10.4 Å². The minimum absolute atomic E-state index is 0.0128. The van der Waals surface area contributed by atoms with Gasteiger partial charge >= 0.3 is 0 Å². The molecular formula is C12H15N3S. The van der Waals surface area contributed by atoms with E-state index in [0.717, 1.165) is 11.3 Å². The van der Waals surface area contributed by atoms with E-state index in [-0.39, 0.29) is 6.04 Å². The molecule has 2 aromatic heterocycles. The van der Waals surface area contributed by atoms with Gasteiger partial charge in [0.05, 0.1) is 11.7 Å². The van der Waals surface area contributed by atoms with Gasteiger partial charge in [-0.2, -0.15) is 0 Å². The molecule has 1 unspecified atom stereocenters. The predicted molar refractivity (Wildman–Crippen MR) is 67.2 cm³/mol. The van der Waals surface area contributed by atoms with Crippen LogP contribution in [0.2, 0.25) is 0 Å². The molecule has 84 valence electrons. The van der Waals surface area contributed by atoms with Crippen molar-refractivity contribution in [3.05, 3.63) is 51.5 Å². The van der Waals surface area contributed by atoms with Gasteiger partial charge in [-0.05, 0) is 42.5 Å². The van der Waals surface area contributed by atoms with E-state index < -0.39 is 0 Å². The third kappa shape index (κ3) is 2.00. The molecule has 0 aliphatic heterocycles. The van der Waals surface area contributed by atoms with Crippen LogP contribution in [-0.4, -0.2) is 4.98 Å². The summed E-state index contributed by atoms with van der Waals surface area (Å²) < 4.78 is 0. The Morgan fingerprint density at radius 1 is 1.31 bits per heavy atom. The molecule has 0 aromatic carbocycles. The average Bonchev–Trinajstić information content (AvgIpc) is 2.69. The first kappa shape index (κ1) is 11.3. The van der Waals surface area contributed by atoms with Crippen molar-refractivity contribution in [3.8, 4) is 0 Å². The van der Waals surface area contributed by atoms with Crippen LogP contribution in [-0.2, 0) is 0 Å². The molecule has 0 aliphatic rings. The Kier molecular flexibility index (Phi) is 3.33. The van der Waals surface area contributed by atoms with E-state index in [1.807, 2.05) is 6.07 Å². The first-order valence-corrected chi connectivity index (χ1v) is 6.03. The van der Waals surface area contributed by atoms with Crippen molar-refractivity contribution < 1.29 is 0 Å². The summed E-state index contributed by atoms with van der Waals surface area (Å²) in [5.41, 5.74) is 6.25. The van der Waals surface area contributed by atoms with E-state index in [0.29, 0.717) is 0 Å². The maximum atomic E-state index is 5.65. The minimum atomic E-state index is -0.0128. The molecule has 2 rings (SSSR count). The number of hydrogen-bond acceptors (Lipinski definition) is 4. The Bertz CT molecular complexity index is 479. The van der Waals surface area contributed by atoms with Crippen LogP contribution in [0, 0.1) is 13.8 Å². The monoisotopic (exact) mass is 233 g/mol. The summed E-state index contributed by atoms with van der Waals surface area (Å²) in [6.07, 6.45) is 1.80. The van der Waals surface area contributed by atoms with Gasteiger partial charge in [-0.25, -0.2) is 5.43 Å². The fourth-order valence-electron chi connectivity index (χ4n) is 1.76. The Hall–Kier alpha value is -1.23. The quantitative estimate of drug-likeness (QED) is 0.632. The van der Waals surface area contributed by atoms with Crippen LogP contribution in [0.5, 0.6) is 0 Å². The molecular weight excluding hydrogens is 218 g/mol. The lowest BCUT2D eigenvalue weighted by molar-refractivity contribution is 0.623. The highest BCUT2D eigenvalue weighted by Crippen LogP contribution is 2.28. The van der Waals surface area contributed by atoms with Gasteiger partial charge in [0.25, 0.3) is 0 Å². The average molecular weight is 233 g/mol. The first-order valence-electron chi connectivity index (χ1n) is 5.15. The summed E-state index contributed by atoms with van der Waals surface area (Å²) >= 11 is 1.70. The maximum absolute atomic E-state index is 5.65. The molecule has 2 heterocycles. The second kappa shape index (κ2) is 4.74. The number of aryl methyl sites for hydroxylation is 2. The molecule has 0 radical (unpaired) electrons. The fourth-order valence-corrected chi connectivity index (χ4v) is 2.75. The standard InChI is InChI=1S/C12H15N3S/c1-8-4-3-6-14-10(8)11(15-13)12-9(2)5-7-16-12/h3-7,11,15H,13H2,1-2H3. The molecule has 16 heavy (non-hydrogen) atoms. The number of hydrazine groups is 1. The molecule has 0 saturated heterocycles. The van der Waals surface area contributed by atoms with Gasteiger partial charge in [0.2, 0.25) is 0 Å². The van der Waals surface area contributed by atoms with E-state index in [1.54, 1.807) is 17.5 Å². The number of hydrogen-bond donors (Lipinski definition) is 2. The minimum Gasteiger partial charge on any atom is -0.270 e. The van der Waals surface area contributed by atoms with Gasteiger partial charge in [-0.3, -0.25) is 10.8 Å². The Labute approximate surface area is 99.3 Å². The normalized spacial score (nSPS) is 12.7. The van der Waals surface area contributed by atoms with Crippen LogP contribution < -0.4 is 11.3 Å². The Morgan fingerprint density at radius 2 is 2.12 bits per heavy atom. The lowest BCUT2D eigenvalue weighted by atomic mass is 10.1. The molecule has 0 saturated carbocycles. The lowest BCUT2D eigenvalue weighted by Crippen LogP contribution is -2.29. The van der Waals surface area contributed by atoms with Crippen LogP contribution >= 0.6 is 11.3 Å². The molecule has 2 aromatic rings. The van der Waals surface area contributed by atoms with E-state index in [9.17, 15) is 0 Å². The first-order chi connectivity index (χ1) is 7.74. The zero-order chi connectivity index (χ0) is 11.5. The van der Waals surface area contributed by atoms with E-state index >= 15 is 0 Å². The summed E-state index contributed by atoms with van der Waals surface area (Å²) in [6.45, 7) is 4.14. The van der Waals surface area contributed by atoms with Gasteiger partial charge in [0, 0.05) is 11.1 Å². The molecule has 3 N–H and O–H groups in total. The SMILES string of the molecule is Cc1cccnc1C(NN)c1sccc1C. The summed E-state index contributed by atoms with van der Waals surface area (Å²) in [7, 11) is 0. The van der Waals surface area contributed by atoms with Gasteiger partial charge < -0.3 is 0 Å². The Balaban J connectivity index is 2.45. The molecule has 0 fully saturated rings. The van der Waals surface area contributed by atoms with E-state index in [1.165, 1.54) is 10.4 Å². The second-order valence-corrected chi connectivity index (χ2v) is 4.72. The number of nitrogens with one attached hydrogen (secondary N) is 1. The molecule has 0 spiro atoms. The highest BCUT2D eigenvalue weighted by atomic mass is 32.1. The smallest absolute Gasteiger partial charge is 0.0978 e. The van der Waals surface area contributed by atoms with E-state index in [2.05, 4.69) is 41.8 Å². The van der Waals surface area contributed by atoms with Crippen molar-refractivity contribution in [3.63, 3.8) is 0 Å². The summed E-state index contributed by atoms with van der Waals surface area (Å²) in [6, 6.07) is 6.08. The van der Waals surface area contributed by atoms with Crippen molar-refractivity contribution in [2.45, 2.75) is 19.9 Å². The van der Waals surface area contributed by atoms with Crippen LogP contribution in [0.4, 0.5) is 0 Å². The Morgan fingerprint density at radius 3 is 2.69 bits per heavy atom. The molecule has 1 atom stereocenters. The number of nitrogens with two attached hydrogens (primary N) is 1. The number of rotatable bonds is 3. The number of pyridine rings is 1. The van der Waals surface area contributed by atoms with Crippen LogP contribution in [0.3, 0.4) is 0 Å². The molecule has 3 nitrogen and oxygen atoms in total. The summed E-state index contributed by atoms with van der Waals surface area (Å²) in [5.74, 6) is 5.65. The molecule has 0 bridgehead atoms. The largest absolute Gasteiger partial charge is 0.270 e. The topological polar surface area (TPSA) is 50.9 Å². The van der Waals surface area contributed by atoms with Gasteiger partial charge in [-0.15, -0.1) is 11.3 Å².